The van der Waals surface area contributed by atoms with Crippen LogP contribution in [0.1, 0.15) is 24.3 Å². The van der Waals surface area contributed by atoms with Gasteiger partial charge in [0.15, 0.2) is 12.3 Å². The standard InChI is InChI=1S/C18H22N4O3/c1-4-21(11-13(2)3)17(23)12-25-18(24)15-9-10-22(20-15)16-8-6-5-7-14(16)19/h5-10H,2,4,11-12,19H2,1,3H3. The first-order valence-corrected chi connectivity index (χ1v) is 7.92. The van der Waals surface area contributed by atoms with Crippen LogP contribution in [0, 0.1) is 0 Å². The molecule has 0 aliphatic rings. The number of ether oxygens (including phenoxy) is 1. The number of nitrogens with two attached hydrogens (primary N) is 1. The average Bonchev–Trinajstić information content (AvgIpc) is 3.07. The third-order valence-electron chi connectivity index (χ3n) is 3.50. The zero-order valence-electron chi connectivity index (χ0n) is 14.4. The van der Waals surface area contributed by atoms with E-state index >= 15 is 0 Å². The van der Waals surface area contributed by atoms with E-state index in [0.29, 0.717) is 24.5 Å². The number of benzene rings is 1. The van der Waals surface area contributed by atoms with E-state index in [1.165, 1.54) is 10.7 Å². The summed E-state index contributed by atoms with van der Waals surface area (Å²) in [6, 6.07) is 8.69. The Morgan fingerprint density at radius 3 is 2.68 bits per heavy atom. The lowest BCUT2D eigenvalue weighted by atomic mass is 10.3. The zero-order chi connectivity index (χ0) is 18.4. The number of hydrogen-bond donors (Lipinski definition) is 1. The van der Waals surface area contributed by atoms with Crippen LogP contribution in [0.2, 0.25) is 0 Å². The Hall–Kier alpha value is -3.09. The highest BCUT2D eigenvalue weighted by atomic mass is 16.5. The summed E-state index contributed by atoms with van der Waals surface area (Å²) in [6.07, 6.45) is 1.61. The number of hydrogen-bond acceptors (Lipinski definition) is 5. The monoisotopic (exact) mass is 342 g/mol. The van der Waals surface area contributed by atoms with Crippen LogP contribution in [0.5, 0.6) is 0 Å². The number of nitrogen functional groups attached to an aromatic ring is 1. The van der Waals surface area contributed by atoms with Gasteiger partial charge in [-0.1, -0.05) is 24.3 Å². The number of amides is 1. The fourth-order valence-corrected chi connectivity index (χ4v) is 2.26. The molecule has 0 radical (unpaired) electrons. The lowest BCUT2D eigenvalue weighted by Gasteiger charge is -2.20. The van der Waals surface area contributed by atoms with Gasteiger partial charge in [-0.2, -0.15) is 5.10 Å². The maximum absolute atomic E-state index is 12.1. The Morgan fingerprint density at radius 1 is 1.32 bits per heavy atom. The summed E-state index contributed by atoms with van der Waals surface area (Å²) in [5, 5.41) is 4.16. The number of nitrogens with zero attached hydrogens (tertiary/aromatic N) is 3. The molecule has 0 bridgehead atoms. The van der Waals surface area contributed by atoms with E-state index < -0.39 is 5.97 Å². The number of anilines is 1. The van der Waals surface area contributed by atoms with Crippen LogP contribution >= 0.6 is 0 Å². The van der Waals surface area contributed by atoms with E-state index in [-0.39, 0.29) is 18.2 Å². The molecule has 25 heavy (non-hydrogen) atoms. The molecule has 132 valence electrons. The van der Waals surface area contributed by atoms with Gasteiger partial charge in [0.05, 0.1) is 11.4 Å². The molecule has 7 nitrogen and oxygen atoms in total. The molecule has 0 fully saturated rings. The van der Waals surface area contributed by atoms with Gasteiger partial charge in [0.2, 0.25) is 0 Å². The third-order valence-corrected chi connectivity index (χ3v) is 3.50. The van der Waals surface area contributed by atoms with Crippen molar-refractivity contribution in [2.75, 3.05) is 25.4 Å². The van der Waals surface area contributed by atoms with E-state index in [9.17, 15) is 9.59 Å². The summed E-state index contributed by atoms with van der Waals surface area (Å²) in [4.78, 5) is 25.7. The van der Waals surface area contributed by atoms with Crippen molar-refractivity contribution in [1.29, 1.82) is 0 Å². The molecular formula is C18H22N4O3. The largest absolute Gasteiger partial charge is 0.451 e. The molecule has 1 amide bonds. The predicted octanol–water partition coefficient (Wildman–Crippen LogP) is 2.04. The van der Waals surface area contributed by atoms with Gasteiger partial charge in [-0.25, -0.2) is 9.48 Å². The Labute approximate surface area is 146 Å². The van der Waals surface area contributed by atoms with Crippen LogP contribution in [0.3, 0.4) is 0 Å². The van der Waals surface area contributed by atoms with Gasteiger partial charge in [0.25, 0.3) is 5.91 Å². The van der Waals surface area contributed by atoms with Crippen LogP contribution in [0.4, 0.5) is 5.69 Å². The molecule has 2 aromatic rings. The highest BCUT2D eigenvalue weighted by molar-refractivity contribution is 5.89. The van der Waals surface area contributed by atoms with Gasteiger partial charge in [-0.15, -0.1) is 0 Å². The molecule has 2 rings (SSSR count). The number of carbonyl (C=O) groups excluding carboxylic acids is 2. The van der Waals surface area contributed by atoms with Crippen LogP contribution in [0.15, 0.2) is 48.7 Å². The number of para-hydroxylation sites is 2. The second kappa shape index (κ2) is 8.14. The summed E-state index contributed by atoms with van der Waals surface area (Å²) >= 11 is 0. The van der Waals surface area contributed by atoms with Gasteiger partial charge < -0.3 is 15.4 Å². The number of aromatic nitrogens is 2. The quantitative estimate of drug-likeness (QED) is 0.472. The second-order valence-corrected chi connectivity index (χ2v) is 5.65. The highest BCUT2D eigenvalue weighted by Crippen LogP contribution is 2.15. The first-order valence-electron chi connectivity index (χ1n) is 7.92. The maximum Gasteiger partial charge on any atom is 0.359 e. The van der Waals surface area contributed by atoms with Crippen LogP contribution in [-0.2, 0) is 9.53 Å². The lowest BCUT2D eigenvalue weighted by Crippen LogP contribution is -2.35. The second-order valence-electron chi connectivity index (χ2n) is 5.65. The Kier molecular flexibility index (Phi) is 5.94. The summed E-state index contributed by atoms with van der Waals surface area (Å²) in [5.41, 5.74) is 8.07. The molecule has 1 aromatic heterocycles. The van der Waals surface area contributed by atoms with E-state index in [1.54, 1.807) is 23.2 Å². The van der Waals surface area contributed by atoms with Crippen molar-refractivity contribution < 1.29 is 14.3 Å². The number of esters is 1. The van der Waals surface area contributed by atoms with Crippen LogP contribution in [-0.4, -0.2) is 46.3 Å². The van der Waals surface area contributed by atoms with Gasteiger partial charge in [0, 0.05) is 19.3 Å². The number of carbonyl (C=O) groups is 2. The summed E-state index contributed by atoms with van der Waals surface area (Å²) in [5.74, 6) is -0.932. The smallest absolute Gasteiger partial charge is 0.359 e. The van der Waals surface area contributed by atoms with Gasteiger partial charge >= 0.3 is 5.97 Å². The van der Waals surface area contributed by atoms with Gasteiger partial charge in [-0.3, -0.25) is 4.79 Å². The molecule has 0 aliphatic heterocycles. The fraction of sp³-hybridized carbons (Fsp3) is 0.278. The molecule has 0 atom stereocenters. The minimum Gasteiger partial charge on any atom is -0.451 e. The third kappa shape index (κ3) is 4.69. The molecule has 7 heteroatoms. The Balaban J connectivity index is 1.99. The van der Waals surface area contributed by atoms with Crippen LogP contribution in [0.25, 0.3) is 5.69 Å². The predicted molar refractivity (Wildman–Crippen MR) is 95.3 cm³/mol. The van der Waals surface area contributed by atoms with Crippen molar-refractivity contribution in [2.24, 2.45) is 0 Å². The summed E-state index contributed by atoms with van der Waals surface area (Å²) < 4.78 is 6.56. The van der Waals surface area contributed by atoms with Crippen molar-refractivity contribution in [2.45, 2.75) is 13.8 Å². The normalized spacial score (nSPS) is 10.3. The molecule has 0 spiro atoms. The SMILES string of the molecule is C=C(C)CN(CC)C(=O)COC(=O)c1ccn(-c2ccccc2N)n1. The number of likely N-dealkylation sites (N-methyl/N-ethyl adjacent to an activating group) is 1. The molecule has 1 aromatic carbocycles. The minimum absolute atomic E-state index is 0.110. The zero-order valence-corrected chi connectivity index (χ0v) is 14.4. The fourth-order valence-electron chi connectivity index (χ4n) is 2.26. The van der Waals surface area contributed by atoms with Crippen molar-refractivity contribution in [1.82, 2.24) is 14.7 Å². The molecular weight excluding hydrogens is 320 g/mol. The Bertz CT molecular complexity index is 782. The molecule has 0 unspecified atom stereocenters. The number of rotatable bonds is 7. The van der Waals surface area contributed by atoms with Gasteiger partial charge in [-0.05, 0) is 32.0 Å². The Morgan fingerprint density at radius 2 is 2.04 bits per heavy atom. The highest BCUT2D eigenvalue weighted by Gasteiger charge is 2.17. The van der Waals surface area contributed by atoms with Crippen molar-refractivity contribution in [3.05, 3.63) is 54.4 Å². The van der Waals surface area contributed by atoms with Crippen molar-refractivity contribution >= 4 is 17.6 Å². The molecule has 0 saturated carbocycles. The lowest BCUT2D eigenvalue weighted by molar-refractivity contribution is -0.133. The van der Waals surface area contributed by atoms with E-state index in [0.717, 1.165) is 5.57 Å². The van der Waals surface area contributed by atoms with Gasteiger partial charge in [0.1, 0.15) is 0 Å². The van der Waals surface area contributed by atoms with Crippen molar-refractivity contribution in [3.63, 3.8) is 0 Å². The van der Waals surface area contributed by atoms with E-state index in [4.69, 9.17) is 10.5 Å². The first-order chi connectivity index (χ1) is 11.9. The average molecular weight is 342 g/mol. The molecule has 2 N–H and O–H groups in total. The maximum atomic E-state index is 12.1. The van der Waals surface area contributed by atoms with Crippen LogP contribution < -0.4 is 5.73 Å². The first kappa shape index (κ1) is 18.3. The summed E-state index contributed by atoms with van der Waals surface area (Å²) in [6.45, 7) is 8.10. The van der Waals surface area contributed by atoms with Crippen molar-refractivity contribution in [3.8, 4) is 5.69 Å². The van der Waals surface area contributed by atoms with E-state index in [2.05, 4.69) is 11.7 Å². The topological polar surface area (TPSA) is 90.5 Å². The minimum atomic E-state index is -0.659. The molecule has 1 heterocycles. The molecule has 0 saturated heterocycles. The summed E-state index contributed by atoms with van der Waals surface area (Å²) in [7, 11) is 0. The molecule has 0 aliphatic carbocycles. The van der Waals surface area contributed by atoms with E-state index in [1.807, 2.05) is 26.0 Å².